The molecule has 0 amide bonds. The van der Waals surface area contributed by atoms with Gasteiger partial charge in [0.05, 0.1) is 6.54 Å². The minimum Gasteiger partial charge on any atom is -0.316 e. The molecule has 0 saturated carbocycles. The van der Waals surface area contributed by atoms with E-state index in [-0.39, 0.29) is 0 Å². The zero-order chi connectivity index (χ0) is 14.1. The van der Waals surface area contributed by atoms with Gasteiger partial charge in [0, 0.05) is 17.5 Å². The van der Waals surface area contributed by atoms with Crippen LogP contribution in [0.4, 0.5) is 0 Å². The highest BCUT2D eigenvalue weighted by atomic mass is 32.1. The second-order valence-electron chi connectivity index (χ2n) is 5.60. The predicted molar refractivity (Wildman–Crippen MR) is 85.6 cm³/mol. The summed E-state index contributed by atoms with van der Waals surface area (Å²) in [5.74, 6) is 1.87. The summed E-state index contributed by atoms with van der Waals surface area (Å²) in [7, 11) is 0. The van der Waals surface area contributed by atoms with Crippen molar-refractivity contribution in [3.05, 3.63) is 46.5 Å². The van der Waals surface area contributed by atoms with Crippen LogP contribution in [0.2, 0.25) is 0 Å². The summed E-state index contributed by atoms with van der Waals surface area (Å²) in [5.41, 5.74) is 2.02. The minimum atomic E-state index is 0.698. The van der Waals surface area contributed by atoms with Crippen LogP contribution in [-0.2, 0) is 13.0 Å². The van der Waals surface area contributed by atoms with Crippen molar-refractivity contribution in [1.29, 1.82) is 0 Å². The number of nitrogens with zero attached hydrogens (tertiary/aromatic N) is 3. The van der Waals surface area contributed by atoms with Gasteiger partial charge >= 0.3 is 0 Å². The van der Waals surface area contributed by atoms with Crippen LogP contribution in [0.25, 0.3) is 11.2 Å². The Morgan fingerprint density at radius 1 is 1.33 bits per heavy atom. The quantitative estimate of drug-likeness (QED) is 0.805. The third kappa shape index (κ3) is 2.59. The number of aromatic nitrogens is 3. The molecule has 0 bridgehead atoms. The van der Waals surface area contributed by atoms with Crippen LogP contribution in [0.5, 0.6) is 0 Å². The summed E-state index contributed by atoms with van der Waals surface area (Å²) in [6, 6.07) is 8.31. The zero-order valence-electron chi connectivity index (χ0n) is 11.8. The summed E-state index contributed by atoms with van der Waals surface area (Å²) >= 11 is 1.79. The van der Waals surface area contributed by atoms with Gasteiger partial charge < -0.3 is 9.88 Å². The van der Waals surface area contributed by atoms with Crippen molar-refractivity contribution in [2.75, 3.05) is 13.1 Å². The maximum atomic E-state index is 4.83. The van der Waals surface area contributed by atoms with E-state index in [1.54, 1.807) is 11.3 Å². The smallest absolute Gasteiger partial charge is 0.160 e. The molecule has 0 aromatic carbocycles. The van der Waals surface area contributed by atoms with Crippen molar-refractivity contribution in [3.8, 4) is 0 Å². The van der Waals surface area contributed by atoms with E-state index in [2.05, 4.69) is 38.4 Å². The number of nitrogens with one attached hydrogen (secondary N) is 1. The van der Waals surface area contributed by atoms with E-state index in [9.17, 15) is 0 Å². The molecule has 108 valence electrons. The Labute approximate surface area is 127 Å². The van der Waals surface area contributed by atoms with E-state index in [0.717, 1.165) is 37.2 Å². The third-order valence-electron chi connectivity index (χ3n) is 4.11. The van der Waals surface area contributed by atoms with Crippen LogP contribution in [-0.4, -0.2) is 27.6 Å². The van der Waals surface area contributed by atoms with Crippen LogP contribution < -0.4 is 5.32 Å². The Balaban J connectivity index is 1.73. The topological polar surface area (TPSA) is 42.7 Å². The standard InChI is InChI=1S/C16H18N4S/c1-4-14-16(18-6-1)20(11-13-3-2-8-21-13)15(19-14)9-12-5-7-17-10-12/h1-4,6,8,12,17H,5,7,9-11H2. The molecule has 4 rings (SSSR count). The van der Waals surface area contributed by atoms with E-state index in [4.69, 9.17) is 4.98 Å². The van der Waals surface area contributed by atoms with Gasteiger partial charge in [-0.1, -0.05) is 6.07 Å². The summed E-state index contributed by atoms with van der Waals surface area (Å²) in [4.78, 5) is 10.7. The summed E-state index contributed by atoms with van der Waals surface area (Å²) in [6.07, 6.45) is 4.14. The average molecular weight is 298 g/mol. The fourth-order valence-corrected chi connectivity index (χ4v) is 3.73. The lowest BCUT2D eigenvalue weighted by molar-refractivity contribution is 0.546. The lowest BCUT2D eigenvalue weighted by atomic mass is 10.0. The van der Waals surface area contributed by atoms with E-state index < -0.39 is 0 Å². The molecule has 0 spiro atoms. The second-order valence-corrected chi connectivity index (χ2v) is 6.63. The van der Waals surface area contributed by atoms with Crippen molar-refractivity contribution < 1.29 is 0 Å². The molecule has 0 radical (unpaired) electrons. The Hall–Kier alpha value is -1.72. The zero-order valence-corrected chi connectivity index (χ0v) is 12.6. The molecule has 21 heavy (non-hydrogen) atoms. The van der Waals surface area contributed by atoms with Gasteiger partial charge in [0.2, 0.25) is 0 Å². The van der Waals surface area contributed by atoms with Gasteiger partial charge in [-0.15, -0.1) is 11.3 Å². The van der Waals surface area contributed by atoms with E-state index in [1.165, 1.54) is 17.1 Å². The normalized spacial score (nSPS) is 18.6. The largest absolute Gasteiger partial charge is 0.316 e. The van der Waals surface area contributed by atoms with Gasteiger partial charge in [-0.2, -0.15) is 0 Å². The van der Waals surface area contributed by atoms with Crippen LogP contribution in [0.3, 0.4) is 0 Å². The monoisotopic (exact) mass is 298 g/mol. The van der Waals surface area contributed by atoms with Gasteiger partial charge in [0.1, 0.15) is 11.3 Å². The van der Waals surface area contributed by atoms with Crippen LogP contribution in [0.15, 0.2) is 35.8 Å². The first kappa shape index (κ1) is 13.0. The van der Waals surface area contributed by atoms with Gasteiger partial charge in [0.15, 0.2) is 5.65 Å². The number of hydrogen-bond donors (Lipinski definition) is 1. The number of hydrogen-bond acceptors (Lipinski definition) is 4. The number of pyridine rings is 1. The Morgan fingerprint density at radius 3 is 3.14 bits per heavy atom. The van der Waals surface area contributed by atoms with Crippen LogP contribution in [0.1, 0.15) is 17.1 Å². The molecule has 4 nitrogen and oxygen atoms in total. The molecule has 3 aromatic heterocycles. The highest BCUT2D eigenvalue weighted by molar-refractivity contribution is 7.09. The van der Waals surface area contributed by atoms with Gasteiger partial charge in [0.25, 0.3) is 0 Å². The first-order valence-electron chi connectivity index (χ1n) is 7.43. The second kappa shape index (κ2) is 5.58. The molecule has 1 aliphatic heterocycles. The average Bonchev–Trinajstić information content (AvgIpc) is 3.23. The van der Waals surface area contributed by atoms with Crippen LogP contribution >= 0.6 is 11.3 Å². The van der Waals surface area contributed by atoms with E-state index in [0.29, 0.717) is 5.92 Å². The van der Waals surface area contributed by atoms with Gasteiger partial charge in [-0.05, 0) is 49.0 Å². The molecule has 1 unspecified atom stereocenters. The number of fused-ring (bicyclic) bond motifs is 1. The minimum absolute atomic E-state index is 0.698. The molecule has 4 heterocycles. The molecule has 3 aromatic rings. The fourth-order valence-electron chi connectivity index (χ4n) is 3.03. The van der Waals surface area contributed by atoms with Gasteiger partial charge in [-0.25, -0.2) is 9.97 Å². The molecule has 5 heteroatoms. The van der Waals surface area contributed by atoms with E-state index >= 15 is 0 Å². The van der Waals surface area contributed by atoms with Crippen molar-refractivity contribution in [1.82, 2.24) is 19.9 Å². The van der Waals surface area contributed by atoms with Gasteiger partial charge in [-0.3, -0.25) is 0 Å². The van der Waals surface area contributed by atoms with Crippen LogP contribution in [0, 0.1) is 5.92 Å². The molecule has 1 saturated heterocycles. The first-order chi connectivity index (χ1) is 10.4. The lowest BCUT2D eigenvalue weighted by Gasteiger charge is -2.10. The maximum Gasteiger partial charge on any atom is 0.160 e. The third-order valence-corrected chi connectivity index (χ3v) is 4.97. The molecular formula is C16H18N4S. The number of thiophene rings is 1. The first-order valence-corrected chi connectivity index (χ1v) is 8.31. The van der Waals surface area contributed by atoms with E-state index in [1.807, 2.05) is 12.3 Å². The predicted octanol–water partition coefficient (Wildman–Crippen LogP) is 2.69. The Bertz CT molecular complexity index is 726. The molecule has 1 fully saturated rings. The van der Waals surface area contributed by atoms with Crippen molar-refractivity contribution >= 4 is 22.5 Å². The highest BCUT2D eigenvalue weighted by Gasteiger charge is 2.20. The van der Waals surface area contributed by atoms with Crippen molar-refractivity contribution in [2.45, 2.75) is 19.4 Å². The highest BCUT2D eigenvalue weighted by Crippen LogP contribution is 2.22. The summed E-state index contributed by atoms with van der Waals surface area (Å²) in [6.45, 7) is 3.12. The molecule has 1 aliphatic rings. The summed E-state index contributed by atoms with van der Waals surface area (Å²) < 4.78 is 2.29. The molecular weight excluding hydrogens is 280 g/mol. The molecule has 1 atom stereocenters. The fraction of sp³-hybridized carbons (Fsp3) is 0.375. The maximum absolute atomic E-state index is 4.83. The SMILES string of the molecule is c1csc(Cn2c(CC3CCNC3)nc3cccnc32)c1. The summed E-state index contributed by atoms with van der Waals surface area (Å²) in [5, 5.41) is 5.57. The Kier molecular flexibility index (Phi) is 3.45. The van der Waals surface area contributed by atoms with Crippen molar-refractivity contribution in [3.63, 3.8) is 0 Å². The number of rotatable bonds is 4. The van der Waals surface area contributed by atoms with Crippen molar-refractivity contribution in [2.24, 2.45) is 5.92 Å². The lowest BCUT2D eigenvalue weighted by Crippen LogP contribution is -2.14. The number of imidazole rings is 1. The molecule has 0 aliphatic carbocycles. The Morgan fingerprint density at radius 2 is 2.33 bits per heavy atom. The molecule has 1 N–H and O–H groups in total.